The van der Waals surface area contributed by atoms with E-state index in [-0.39, 0.29) is 12.5 Å². The van der Waals surface area contributed by atoms with E-state index < -0.39 is 15.9 Å². The fraction of sp³-hybridized carbons (Fsp3) is 0.278. The van der Waals surface area contributed by atoms with E-state index in [1.807, 2.05) is 30.3 Å². The van der Waals surface area contributed by atoms with Crippen molar-refractivity contribution in [3.8, 4) is 10.6 Å². The van der Waals surface area contributed by atoms with E-state index in [9.17, 15) is 13.2 Å². The van der Waals surface area contributed by atoms with Crippen LogP contribution in [-0.2, 0) is 14.8 Å². The molecule has 7 nitrogen and oxygen atoms in total. The standard InChI is InChI=1S/C18H18N4O3S3/c23-16(19-18-21-20-17(27-18)13-6-2-1-3-7-13)14-8-4-10-22(12-14)28(24,25)15-9-5-11-26-15/h1-3,5-7,9,11,14H,4,8,10,12H2,(H,19,21,23)/t14-/m1/s1. The third kappa shape index (κ3) is 4.00. The first-order chi connectivity index (χ1) is 13.5. The summed E-state index contributed by atoms with van der Waals surface area (Å²) in [7, 11) is -3.54. The van der Waals surface area contributed by atoms with Gasteiger partial charge in [0.15, 0.2) is 0 Å². The highest BCUT2D eigenvalue weighted by Gasteiger charge is 2.34. The summed E-state index contributed by atoms with van der Waals surface area (Å²) in [5.41, 5.74) is 0.936. The number of carbonyl (C=O) groups is 1. The average molecular weight is 435 g/mol. The molecule has 0 spiro atoms. The van der Waals surface area contributed by atoms with Gasteiger partial charge in [-0.1, -0.05) is 47.7 Å². The first-order valence-electron chi connectivity index (χ1n) is 8.77. The topological polar surface area (TPSA) is 92.3 Å². The molecular formula is C18H18N4O3S3. The molecule has 146 valence electrons. The Hall–Kier alpha value is -2.14. The molecule has 1 fully saturated rings. The fourth-order valence-corrected chi connectivity index (χ4v) is 6.51. The number of nitrogens with zero attached hydrogens (tertiary/aromatic N) is 3. The van der Waals surface area contributed by atoms with Crippen LogP contribution in [0.5, 0.6) is 0 Å². The number of rotatable bonds is 5. The van der Waals surface area contributed by atoms with E-state index >= 15 is 0 Å². The van der Waals surface area contributed by atoms with Crippen LogP contribution in [0, 0.1) is 5.92 Å². The van der Waals surface area contributed by atoms with Gasteiger partial charge in [0.05, 0.1) is 5.92 Å². The van der Waals surface area contributed by atoms with Crippen LogP contribution in [0.3, 0.4) is 0 Å². The fourth-order valence-electron chi connectivity index (χ4n) is 3.09. The van der Waals surface area contributed by atoms with Gasteiger partial charge in [0.25, 0.3) is 10.0 Å². The number of sulfonamides is 1. The lowest BCUT2D eigenvalue weighted by atomic mass is 9.99. The molecule has 3 heterocycles. The molecule has 10 heteroatoms. The van der Waals surface area contributed by atoms with Crippen molar-refractivity contribution in [3.05, 3.63) is 47.8 Å². The smallest absolute Gasteiger partial charge is 0.252 e. The van der Waals surface area contributed by atoms with Gasteiger partial charge in [-0.3, -0.25) is 4.79 Å². The van der Waals surface area contributed by atoms with Gasteiger partial charge in [-0.15, -0.1) is 21.5 Å². The summed E-state index contributed by atoms with van der Waals surface area (Å²) in [5, 5.41) is 13.8. The number of carbonyl (C=O) groups excluding carboxylic acids is 1. The van der Waals surface area contributed by atoms with E-state index in [0.29, 0.717) is 28.7 Å². The van der Waals surface area contributed by atoms with Gasteiger partial charge in [-0.2, -0.15) is 4.31 Å². The third-order valence-corrected chi connectivity index (χ3v) is 8.65. The van der Waals surface area contributed by atoms with Crippen LogP contribution in [0.4, 0.5) is 5.13 Å². The van der Waals surface area contributed by atoms with Crippen molar-refractivity contribution in [1.29, 1.82) is 0 Å². The molecule has 4 rings (SSSR count). The predicted molar refractivity (Wildman–Crippen MR) is 110 cm³/mol. The lowest BCUT2D eigenvalue weighted by Crippen LogP contribution is -2.43. The summed E-state index contributed by atoms with van der Waals surface area (Å²) in [6.07, 6.45) is 1.29. The first kappa shape index (κ1) is 19.2. The number of benzene rings is 1. The summed E-state index contributed by atoms with van der Waals surface area (Å²) < 4.78 is 27.2. The minimum Gasteiger partial charge on any atom is -0.300 e. The molecule has 1 aliphatic heterocycles. The maximum Gasteiger partial charge on any atom is 0.252 e. The van der Waals surface area contributed by atoms with Gasteiger partial charge >= 0.3 is 0 Å². The molecule has 0 aliphatic carbocycles. The largest absolute Gasteiger partial charge is 0.300 e. The van der Waals surface area contributed by atoms with E-state index in [0.717, 1.165) is 10.6 Å². The lowest BCUT2D eigenvalue weighted by Gasteiger charge is -2.30. The van der Waals surface area contributed by atoms with E-state index in [4.69, 9.17) is 0 Å². The van der Waals surface area contributed by atoms with Crippen molar-refractivity contribution in [2.24, 2.45) is 5.92 Å². The Morgan fingerprint density at radius 3 is 2.71 bits per heavy atom. The zero-order valence-electron chi connectivity index (χ0n) is 14.8. The Morgan fingerprint density at radius 1 is 1.14 bits per heavy atom. The molecule has 1 saturated heterocycles. The molecule has 0 bridgehead atoms. The van der Waals surface area contributed by atoms with Gasteiger partial charge in [0.2, 0.25) is 11.0 Å². The summed E-state index contributed by atoms with van der Waals surface area (Å²) in [5.74, 6) is -0.630. The summed E-state index contributed by atoms with van der Waals surface area (Å²) >= 11 is 2.49. The van der Waals surface area contributed by atoms with Crippen LogP contribution in [0.1, 0.15) is 12.8 Å². The van der Waals surface area contributed by atoms with E-state index in [1.165, 1.54) is 27.0 Å². The van der Waals surface area contributed by atoms with Crippen LogP contribution in [0.15, 0.2) is 52.1 Å². The molecule has 0 saturated carbocycles. The van der Waals surface area contributed by atoms with Crippen LogP contribution in [-0.4, -0.2) is 41.9 Å². The molecular weight excluding hydrogens is 416 g/mol. The molecule has 28 heavy (non-hydrogen) atoms. The number of piperidine rings is 1. The second-order valence-electron chi connectivity index (χ2n) is 6.40. The molecule has 3 aromatic rings. The Kier molecular flexibility index (Phi) is 5.54. The molecule has 1 amide bonds. The van der Waals surface area contributed by atoms with Crippen molar-refractivity contribution >= 4 is 43.7 Å². The maximum atomic E-state index is 12.7. The monoisotopic (exact) mass is 434 g/mol. The van der Waals surface area contributed by atoms with Gasteiger partial charge in [0.1, 0.15) is 9.22 Å². The minimum absolute atomic E-state index is 0.177. The molecule has 0 unspecified atom stereocenters. The van der Waals surface area contributed by atoms with Gasteiger partial charge < -0.3 is 5.32 Å². The normalized spacial score (nSPS) is 18.1. The second kappa shape index (κ2) is 8.08. The highest BCUT2D eigenvalue weighted by molar-refractivity contribution is 7.91. The highest BCUT2D eigenvalue weighted by Crippen LogP contribution is 2.29. The summed E-state index contributed by atoms with van der Waals surface area (Å²) in [6.45, 7) is 0.609. The lowest BCUT2D eigenvalue weighted by molar-refractivity contribution is -0.120. The van der Waals surface area contributed by atoms with Gasteiger partial charge in [-0.05, 0) is 24.3 Å². The maximum absolute atomic E-state index is 12.7. The summed E-state index contributed by atoms with van der Waals surface area (Å²) in [6, 6.07) is 12.9. The minimum atomic E-state index is -3.54. The van der Waals surface area contributed by atoms with E-state index in [2.05, 4.69) is 15.5 Å². The predicted octanol–water partition coefficient (Wildman–Crippen LogP) is 3.31. The number of amides is 1. The molecule has 0 radical (unpaired) electrons. The summed E-state index contributed by atoms with van der Waals surface area (Å²) in [4.78, 5) is 12.7. The Morgan fingerprint density at radius 2 is 1.96 bits per heavy atom. The SMILES string of the molecule is O=C(Nc1nnc(-c2ccccc2)s1)[C@@H]1CCCN(S(=O)(=O)c2cccs2)C1. The van der Waals surface area contributed by atoms with Crippen molar-refractivity contribution in [2.45, 2.75) is 17.1 Å². The van der Waals surface area contributed by atoms with Crippen molar-refractivity contribution in [2.75, 3.05) is 18.4 Å². The molecule has 2 aromatic heterocycles. The number of anilines is 1. The zero-order valence-corrected chi connectivity index (χ0v) is 17.3. The Labute approximate surface area is 171 Å². The van der Waals surface area contributed by atoms with Crippen LogP contribution < -0.4 is 5.32 Å². The average Bonchev–Trinajstić information content (AvgIpc) is 3.41. The molecule has 1 aliphatic rings. The van der Waals surface area contributed by atoms with Crippen LogP contribution >= 0.6 is 22.7 Å². The van der Waals surface area contributed by atoms with E-state index in [1.54, 1.807) is 17.5 Å². The number of hydrogen-bond acceptors (Lipinski definition) is 7. The van der Waals surface area contributed by atoms with Gasteiger partial charge in [0, 0.05) is 18.7 Å². The first-order valence-corrected chi connectivity index (χ1v) is 11.9. The number of aromatic nitrogens is 2. The van der Waals surface area contributed by atoms with Crippen LogP contribution in [0.2, 0.25) is 0 Å². The molecule has 1 atom stereocenters. The molecule has 1 N–H and O–H groups in total. The van der Waals surface area contributed by atoms with Crippen molar-refractivity contribution in [3.63, 3.8) is 0 Å². The Balaban J connectivity index is 1.43. The van der Waals surface area contributed by atoms with Gasteiger partial charge in [-0.25, -0.2) is 8.42 Å². The second-order valence-corrected chi connectivity index (χ2v) is 10.5. The quantitative estimate of drug-likeness (QED) is 0.665. The molecule has 1 aromatic carbocycles. The number of hydrogen-bond donors (Lipinski definition) is 1. The Bertz CT molecular complexity index is 1050. The zero-order chi connectivity index (χ0) is 19.6. The third-order valence-electron chi connectivity index (χ3n) is 4.52. The number of nitrogens with one attached hydrogen (secondary N) is 1. The van der Waals surface area contributed by atoms with Crippen molar-refractivity contribution in [1.82, 2.24) is 14.5 Å². The highest BCUT2D eigenvalue weighted by atomic mass is 32.2. The van der Waals surface area contributed by atoms with Crippen LogP contribution in [0.25, 0.3) is 10.6 Å². The van der Waals surface area contributed by atoms with Crippen molar-refractivity contribution < 1.29 is 13.2 Å². The number of thiophene rings is 1.